The van der Waals surface area contributed by atoms with Gasteiger partial charge in [-0.2, -0.15) is 0 Å². The third kappa shape index (κ3) is 6.16. The summed E-state index contributed by atoms with van der Waals surface area (Å²) >= 11 is 1.90. The van der Waals surface area contributed by atoms with Gasteiger partial charge >= 0.3 is 0 Å². The van der Waals surface area contributed by atoms with Gasteiger partial charge in [0.05, 0.1) is 13.1 Å². The van der Waals surface area contributed by atoms with Gasteiger partial charge in [0.2, 0.25) is 0 Å². The van der Waals surface area contributed by atoms with Gasteiger partial charge in [0.25, 0.3) is 5.91 Å². The van der Waals surface area contributed by atoms with Crippen LogP contribution in [0.1, 0.15) is 57.3 Å². The Morgan fingerprint density at radius 1 is 0.923 bits per heavy atom. The van der Waals surface area contributed by atoms with Gasteiger partial charge in [-0.1, -0.05) is 12.1 Å². The van der Waals surface area contributed by atoms with Gasteiger partial charge in [-0.05, 0) is 85.9 Å². The molecular formula is C30H37N7OS. The predicted octanol–water partition coefficient (Wildman–Crippen LogP) is 4.83. The van der Waals surface area contributed by atoms with Crippen molar-refractivity contribution in [1.82, 2.24) is 34.6 Å². The molecule has 2 aliphatic rings. The molecule has 0 aliphatic carbocycles. The number of likely N-dealkylation sites (tertiary alicyclic amines) is 2. The lowest BCUT2D eigenvalue weighted by Gasteiger charge is -2.39. The molecule has 0 saturated carbocycles. The molecule has 0 unspecified atom stereocenters. The Labute approximate surface area is 234 Å². The molecule has 2 saturated heterocycles. The van der Waals surface area contributed by atoms with E-state index in [1.807, 2.05) is 23.5 Å². The second-order valence-electron chi connectivity index (χ2n) is 11.2. The number of rotatable bonds is 9. The lowest BCUT2D eigenvalue weighted by molar-refractivity contribution is 0.0721. The van der Waals surface area contributed by atoms with Gasteiger partial charge < -0.3 is 14.9 Å². The van der Waals surface area contributed by atoms with Crippen LogP contribution in [0, 0.1) is 12.3 Å². The highest BCUT2D eigenvalue weighted by Gasteiger charge is 2.40. The number of nitrogens with zero attached hydrogens (tertiary/aromatic N) is 5. The minimum Gasteiger partial charge on any atom is -0.347 e. The van der Waals surface area contributed by atoms with Crippen LogP contribution < -0.4 is 0 Å². The van der Waals surface area contributed by atoms with Crippen LogP contribution in [0.3, 0.4) is 0 Å². The fraction of sp³-hybridized carbons (Fsp3) is 0.433. The summed E-state index contributed by atoms with van der Waals surface area (Å²) in [6.07, 6.45) is 10.8. The Morgan fingerprint density at radius 2 is 1.56 bits per heavy atom. The van der Waals surface area contributed by atoms with Gasteiger partial charge in [-0.25, -0.2) is 9.97 Å². The zero-order valence-electron chi connectivity index (χ0n) is 22.6. The number of thiophene rings is 1. The quantitative estimate of drug-likeness (QED) is 0.316. The summed E-state index contributed by atoms with van der Waals surface area (Å²) in [5.74, 6) is 1.47. The van der Waals surface area contributed by atoms with Crippen molar-refractivity contribution in [2.75, 3.05) is 26.2 Å². The first-order chi connectivity index (χ1) is 19.1. The molecule has 2 fully saturated rings. The second-order valence-corrected chi connectivity index (χ2v) is 12.2. The van der Waals surface area contributed by atoms with Crippen LogP contribution in [-0.4, -0.2) is 66.7 Å². The first-order valence-corrected chi connectivity index (χ1v) is 14.8. The Kier molecular flexibility index (Phi) is 7.63. The van der Waals surface area contributed by atoms with Crippen molar-refractivity contribution in [2.24, 2.45) is 5.41 Å². The number of imidazole rings is 2. The highest BCUT2D eigenvalue weighted by Crippen LogP contribution is 2.41. The van der Waals surface area contributed by atoms with Crippen molar-refractivity contribution in [3.05, 3.63) is 93.7 Å². The largest absolute Gasteiger partial charge is 0.347 e. The summed E-state index contributed by atoms with van der Waals surface area (Å²) in [4.78, 5) is 36.8. The van der Waals surface area contributed by atoms with Gasteiger partial charge in [0.1, 0.15) is 11.6 Å². The molecule has 6 rings (SSSR count). The van der Waals surface area contributed by atoms with Gasteiger partial charge in [-0.3, -0.25) is 14.6 Å². The maximum atomic E-state index is 13.4. The molecular weight excluding hydrogens is 506 g/mol. The first kappa shape index (κ1) is 26.0. The van der Waals surface area contributed by atoms with E-state index in [2.05, 4.69) is 60.2 Å². The Morgan fingerprint density at radius 3 is 2.13 bits per heavy atom. The number of aromatic amines is 2. The summed E-state index contributed by atoms with van der Waals surface area (Å²) in [5, 5.41) is 2.22. The van der Waals surface area contributed by atoms with Crippen molar-refractivity contribution in [3.63, 3.8) is 0 Å². The highest BCUT2D eigenvalue weighted by molar-refractivity contribution is 7.10. The number of hydrogen-bond acceptors (Lipinski definition) is 6. The summed E-state index contributed by atoms with van der Waals surface area (Å²) in [7, 11) is 0. The normalized spacial score (nSPS) is 17.7. The molecule has 3 aromatic heterocycles. The third-order valence-corrected chi connectivity index (χ3v) is 9.46. The topological polar surface area (TPSA) is 84.2 Å². The van der Waals surface area contributed by atoms with Crippen LogP contribution >= 0.6 is 11.3 Å². The average molecular weight is 544 g/mol. The van der Waals surface area contributed by atoms with Crippen LogP contribution in [0.4, 0.5) is 0 Å². The van der Waals surface area contributed by atoms with E-state index in [0.29, 0.717) is 24.1 Å². The number of aryl methyl sites for hydroxylation is 1. The number of benzene rings is 1. The van der Waals surface area contributed by atoms with Crippen molar-refractivity contribution in [1.29, 1.82) is 0 Å². The molecule has 8 nitrogen and oxygen atoms in total. The van der Waals surface area contributed by atoms with E-state index >= 15 is 0 Å². The lowest BCUT2D eigenvalue weighted by Crippen LogP contribution is -2.41. The number of hydrogen-bond donors (Lipinski definition) is 2. The first-order valence-electron chi connectivity index (χ1n) is 13.9. The van der Waals surface area contributed by atoms with Crippen molar-refractivity contribution in [2.45, 2.75) is 52.4 Å². The fourth-order valence-electron chi connectivity index (χ4n) is 6.05. The second kappa shape index (κ2) is 11.5. The molecule has 2 aliphatic heterocycles. The van der Waals surface area contributed by atoms with Gasteiger partial charge in [0.15, 0.2) is 0 Å². The zero-order chi connectivity index (χ0) is 26.7. The molecule has 1 aromatic carbocycles. The molecule has 5 heterocycles. The number of H-pyrrole nitrogens is 2. The predicted molar refractivity (Wildman–Crippen MR) is 153 cm³/mol. The van der Waals surface area contributed by atoms with Crippen LogP contribution in [0.15, 0.2) is 60.5 Å². The molecule has 0 bridgehead atoms. The number of nitrogens with one attached hydrogen (secondary N) is 2. The molecule has 0 atom stereocenters. The molecule has 1 spiro atoms. The highest BCUT2D eigenvalue weighted by atomic mass is 32.1. The molecule has 204 valence electrons. The van der Waals surface area contributed by atoms with E-state index in [1.54, 1.807) is 29.7 Å². The number of carbonyl (C=O) groups is 1. The van der Waals surface area contributed by atoms with Crippen molar-refractivity contribution < 1.29 is 4.79 Å². The van der Waals surface area contributed by atoms with E-state index < -0.39 is 0 Å². The van der Waals surface area contributed by atoms with Crippen LogP contribution in [0.25, 0.3) is 0 Å². The third-order valence-electron chi connectivity index (χ3n) is 8.45. The minimum absolute atomic E-state index is 0.0298. The summed E-state index contributed by atoms with van der Waals surface area (Å²) in [6, 6.07) is 10.4. The maximum absolute atomic E-state index is 13.4. The monoisotopic (exact) mass is 543 g/mol. The fourth-order valence-corrected chi connectivity index (χ4v) is 7.00. The average Bonchev–Trinajstić information content (AvgIpc) is 3.77. The van der Waals surface area contributed by atoms with Crippen LogP contribution in [0.2, 0.25) is 0 Å². The number of amides is 1. The molecule has 0 radical (unpaired) electrons. The molecule has 1 amide bonds. The summed E-state index contributed by atoms with van der Waals surface area (Å²) in [6.45, 7) is 9.83. The van der Waals surface area contributed by atoms with Gasteiger partial charge in [-0.15, -0.1) is 11.3 Å². The van der Waals surface area contributed by atoms with E-state index in [9.17, 15) is 4.79 Å². The standard InChI is InChI=1S/C30H37N7OS/c1-23-6-17-39-26(23)19-36-16-9-30(22-36)7-14-35(15-8-30)18-24-2-4-25(5-3-24)29(38)37(20-27-31-10-11-32-27)21-28-33-12-13-34-28/h2-6,10-13,17H,7-9,14-16,18-22H2,1H3,(H,31,32)(H,33,34). The molecule has 9 heteroatoms. The Balaban J connectivity index is 1.03. The Bertz CT molecular complexity index is 1300. The maximum Gasteiger partial charge on any atom is 0.254 e. The Hall–Kier alpha value is -3.27. The van der Waals surface area contributed by atoms with E-state index in [4.69, 9.17) is 0 Å². The van der Waals surface area contributed by atoms with Crippen LogP contribution in [0.5, 0.6) is 0 Å². The smallest absolute Gasteiger partial charge is 0.254 e. The number of piperidine rings is 1. The molecule has 2 N–H and O–H groups in total. The van der Waals surface area contributed by atoms with Crippen molar-refractivity contribution in [3.8, 4) is 0 Å². The molecule has 4 aromatic rings. The zero-order valence-corrected chi connectivity index (χ0v) is 23.4. The van der Waals surface area contributed by atoms with Crippen LogP contribution in [-0.2, 0) is 26.2 Å². The SMILES string of the molecule is Cc1ccsc1CN1CCC2(CCN(Cc3ccc(C(=O)N(Cc4ncc[nH]4)Cc4ncc[nH]4)cc3)CC2)C1. The summed E-state index contributed by atoms with van der Waals surface area (Å²) in [5.41, 5.74) is 3.86. The minimum atomic E-state index is -0.0298. The number of carbonyl (C=O) groups excluding carboxylic acids is 1. The summed E-state index contributed by atoms with van der Waals surface area (Å²) < 4.78 is 0. The van der Waals surface area contributed by atoms with E-state index in [0.717, 1.165) is 37.8 Å². The molecule has 39 heavy (non-hydrogen) atoms. The number of aromatic nitrogens is 4. The lowest BCUT2D eigenvalue weighted by atomic mass is 9.77. The van der Waals surface area contributed by atoms with Gasteiger partial charge in [0, 0.05) is 54.9 Å². The van der Waals surface area contributed by atoms with E-state index in [1.165, 1.54) is 48.4 Å². The van der Waals surface area contributed by atoms with E-state index in [-0.39, 0.29) is 5.91 Å². The van der Waals surface area contributed by atoms with Crippen molar-refractivity contribution >= 4 is 17.2 Å².